The van der Waals surface area contributed by atoms with Gasteiger partial charge in [0, 0.05) is 24.0 Å². The number of pyridine rings is 1. The van der Waals surface area contributed by atoms with Gasteiger partial charge >= 0.3 is 0 Å². The summed E-state index contributed by atoms with van der Waals surface area (Å²) in [6.45, 7) is 0. The molecule has 0 atom stereocenters. The summed E-state index contributed by atoms with van der Waals surface area (Å²) in [4.78, 5) is 34.2. The van der Waals surface area contributed by atoms with Crippen LogP contribution < -0.4 is 9.47 Å². The Morgan fingerprint density at radius 2 is 1.78 bits per heavy atom. The zero-order chi connectivity index (χ0) is 17.2. The van der Waals surface area contributed by atoms with Crippen LogP contribution in [0.3, 0.4) is 0 Å². The quantitative estimate of drug-likeness (QED) is 0.472. The molecule has 2 rings (SSSR count). The number of methoxy groups -OCH3 is 2. The Balaban J connectivity index is 0.000000277. The molecule has 120 valence electrons. The topological polar surface area (TPSA) is 109 Å². The van der Waals surface area contributed by atoms with Crippen molar-refractivity contribution in [2.24, 2.45) is 0 Å². The standard InChI is InChI=1S/C9H9NO5.C6H5NO/c1-14-8-3-6(5-11)7(10(12)13)4-9(8)15-2;8-5-6-2-1-3-7-4-6/h3-5H,1-2H3;1-5H. The fraction of sp³-hybridized carbons (Fsp3) is 0.133. The molecular weight excluding hydrogens is 304 g/mol. The first kappa shape index (κ1) is 17.8. The van der Waals surface area contributed by atoms with Gasteiger partial charge in [0.05, 0.1) is 30.8 Å². The maximum absolute atomic E-state index is 10.6. The summed E-state index contributed by atoms with van der Waals surface area (Å²) in [6.07, 6.45) is 4.33. The lowest BCUT2D eigenvalue weighted by Gasteiger charge is -2.07. The van der Waals surface area contributed by atoms with Crippen LogP contribution in [0.2, 0.25) is 0 Å². The van der Waals surface area contributed by atoms with E-state index in [-0.39, 0.29) is 22.7 Å². The highest BCUT2D eigenvalue weighted by Gasteiger charge is 2.18. The molecule has 0 fully saturated rings. The summed E-state index contributed by atoms with van der Waals surface area (Å²) in [6, 6.07) is 5.86. The van der Waals surface area contributed by atoms with E-state index in [1.165, 1.54) is 26.5 Å². The Bertz CT molecular complexity index is 688. The average Bonchev–Trinajstić information content (AvgIpc) is 2.61. The van der Waals surface area contributed by atoms with E-state index in [4.69, 9.17) is 9.47 Å². The van der Waals surface area contributed by atoms with Gasteiger partial charge in [-0.1, -0.05) is 0 Å². The number of carbonyl (C=O) groups excluding carboxylic acids is 2. The maximum atomic E-state index is 10.6. The van der Waals surface area contributed by atoms with Gasteiger partial charge in [-0.3, -0.25) is 24.7 Å². The van der Waals surface area contributed by atoms with Crippen LogP contribution in [0.5, 0.6) is 11.5 Å². The minimum atomic E-state index is -0.647. The molecule has 0 N–H and O–H groups in total. The Morgan fingerprint density at radius 1 is 1.13 bits per heavy atom. The number of rotatable bonds is 5. The van der Waals surface area contributed by atoms with E-state index in [1.54, 1.807) is 18.3 Å². The van der Waals surface area contributed by atoms with Gasteiger partial charge < -0.3 is 9.47 Å². The van der Waals surface area contributed by atoms with E-state index in [2.05, 4.69) is 4.98 Å². The molecule has 0 bridgehead atoms. The van der Waals surface area contributed by atoms with Crippen LogP contribution >= 0.6 is 0 Å². The maximum Gasteiger partial charge on any atom is 0.283 e. The molecule has 0 aliphatic rings. The van der Waals surface area contributed by atoms with Gasteiger partial charge in [0.25, 0.3) is 5.69 Å². The summed E-state index contributed by atoms with van der Waals surface area (Å²) in [5.41, 5.74) is 0.271. The van der Waals surface area contributed by atoms with Crippen molar-refractivity contribution >= 4 is 18.3 Å². The number of nitro groups is 1. The molecule has 0 spiro atoms. The molecule has 1 aromatic heterocycles. The number of hydrogen-bond donors (Lipinski definition) is 0. The largest absolute Gasteiger partial charge is 0.493 e. The van der Waals surface area contributed by atoms with E-state index >= 15 is 0 Å². The molecule has 0 amide bonds. The minimum Gasteiger partial charge on any atom is -0.493 e. The lowest BCUT2D eigenvalue weighted by atomic mass is 10.1. The molecule has 0 aliphatic heterocycles. The zero-order valence-corrected chi connectivity index (χ0v) is 12.5. The van der Waals surface area contributed by atoms with Crippen LogP contribution in [0.15, 0.2) is 36.7 Å². The summed E-state index contributed by atoms with van der Waals surface area (Å²) >= 11 is 0. The zero-order valence-electron chi connectivity index (χ0n) is 12.5. The second-order valence-electron chi connectivity index (χ2n) is 4.05. The van der Waals surface area contributed by atoms with Crippen LogP contribution in [0.25, 0.3) is 0 Å². The Kier molecular flexibility index (Phi) is 6.86. The summed E-state index contributed by atoms with van der Waals surface area (Å²) < 4.78 is 9.79. The van der Waals surface area contributed by atoms with Crippen molar-refractivity contribution in [2.45, 2.75) is 0 Å². The normalized spacial score (nSPS) is 9.13. The molecule has 0 radical (unpaired) electrons. The van der Waals surface area contributed by atoms with Crippen LogP contribution in [-0.4, -0.2) is 36.7 Å². The summed E-state index contributed by atoms with van der Waals surface area (Å²) in [7, 11) is 2.75. The number of carbonyl (C=O) groups is 2. The predicted molar refractivity (Wildman–Crippen MR) is 81.2 cm³/mol. The van der Waals surface area contributed by atoms with E-state index < -0.39 is 4.92 Å². The predicted octanol–water partition coefficient (Wildman–Crippen LogP) is 2.32. The van der Waals surface area contributed by atoms with E-state index in [0.29, 0.717) is 11.8 Å². The molecule has 0 saturated carbocycles. The Morgan fingerprint density at radius 3 is 2.17 bits per heavy atom. The van der Waals surface area contributed by atoms with Gasteiger partial charge in [-0.05, 0) is 12.1 Å². The van der Waals surface area contributed by atoms with Gasteiger partial charge in [0.1, 0.15) is 0 Å². The summed E-state index contributed by atoms with van der Waals surface area (Å²) in [5.74, 6) is 0.500. The number of nitro benzene ring substituents is 1. The van der Waals surface area contributed by atoms with Gasteiger partial charge in [0.2, 0.25) is 0 Å². The SMILES string of the molecule is COc1cc(C=O)c([N+](=O)[O-])cc1OC.O=Cc1cccnc1. The number of hydrogen-bond acceptors (Lipinski definition) is 7. The Hall–Kier alpha value is -3.29. The monoisotopic (exact) mass is 318 g/mol. The highest BCUT2D eigenvalue weighted by molar-refractivity contribution is 5.83. The molecule has 23 heavy (non-hydrogen) atoms. The molecule has 0 unspecified atom stereocenters. The van der Waals surface area contributed by atoms with Crippen molar-refractivity contribution in [2.75, 3.05) is 14.2 Å². The number of aldehydes is 2. The second kappa shape index (κ2) is 8.88. The van der Waals surface area contributed by atoms with Gasteiger partial charge in [-0.2, -0.15) is 0 Å². The fourth-order valence-electron chi connectivity index (χ4n) is 1.58. The molecule has 0 aliphatic carbocycles. The average molecular weight is 318 g/mol. The third-order valence-electron chi connectivity index (χ3n) is 2.68. The lowest BCUT2D eigenvalue weighted by molar-refractivity contribution is -0.385. The number of nitrogens with zero attached hydrogens (tertiary/aromatic N) is 2. The van der Waals surface area contributed by atoms with Crippen LogP contribution in [0.4, 0.5) is 5.69 Å². The van der Waals surface area contributed by atoms with Gasteiger partial charge in [0.15, 0.2) is 24.1 Å². The fourth-order valence-corrected chi connectivity index (χ4v) is 1.58. The number of benzene rings is 1. The third-order valence-corrected chi connectivity index (χ3v) is 2.68. The molecule has 1 aromatic carbocycles. The number of ether oxygens (including phenoxy) is 2. The van der Waals surface area contributed by atoms with E-state index in [1.807, 2.05) is 0 Å². The van der Waals surface area contributed by atoms with Crippen molar-refractivity contribution in [3.05, 3.63) is 57.9 Å². The molecule has 2 aromatic rings. The highest BCUT2D eigenvalue weighted by atomic mass is 16.6. The van der Waals surface area contributed by atoms with Crippen LogP contribution in [-0.2, 0) is 0 Å². The highest BCUT2D eigenvalue weighted by Crippen LogP contribution is 2.33. The van der Waals surface area contributed by atoms with E-state index in [9.17, 15) is 19.7 Å². The molecule has 1 heterocycles. The molecule has 8 heteroatoms. The first-order valence-corrected chi connectivity index (χ1v) is 6.28. The van der Waals surface area contributed by atoms with Crippen molar-refractivity contribution in [3.8, 4) is 11.5 Å². The minimum absolute atomic E-state index is 0.0438. The van der Waals surface area contributed by atoms with Crippen molar-refractivity contribution in [1.29, 1.82) is 0 Å². The van der Waals surface area contributed by atoms with Gasteiger partial charge in [-0.25, -0.2) is 0 Å². The van der Waals surface area contributed by atoms with Crippen LogP contribution in [0, 0.1) is 10.1 Å². The van der Waals surface area contributed by atoms with Crippen molar-refractivity contribution in [3.63, 3.8) is 0 Å². The number of aromatic nitrogens is 1. The van der Waals surface area contributed by atoms with E-state index in [0.717, 1.165) is 12.4 Å². The molecular formula is C15H14N2O6. The first-order chi connectivity index (χ1) is 11.1. The molecule has 8 nitrogen and oxygen atoms in total. The van der Waals surface area contributed by atoms with Gasteiger partial charge in [-0.15, -0.1) is 0 Å². The first-order valence-electron chi connectivity index (χ1n) is 6.28. The Labute approximate surface area is 131 Å². The lowest BCUT2D eigenvalue weighted by Crippen LogP contribution is -1.98. The third kappa shape index (κ3) is 4.88. The van der Waals surface area contributed by atoms with Crippen molar-refractivity contribution in [1.82, 2.24) is 4.98 Å². The van der Waals surface area contributed by atoms with Crippen LogP contribution in [0.1, 0.15) is 20.7 Å². The molecule has 0 saturated heterocycles. The second-order valence-corrected chi connectivity index (χ2v) is 4.05. The summed E-state index contributed by atoms with van der Waals surface area (Å²) in [5, 5.41) is 10.6. The van der Waals surface area contributed by atoms with Crippen molar-refractivity contribution < 1.29 is 24.0 Å². The smallest absolute Gasteiger partial charge is 0.283 e.